The quantitative estimate of drug-likeness (QED) is 0.583. The second-order valence-corrected chi connectivity index (χ2v) is 6.78. The van der Waals surface area contributed by atoms with Gasteiger partial charge in [-0.2, -0.15) is 0 Å². The third-order valence-corrected chi connectivity index (χ3v) is 3.90. The van der Waals surface area contributed by atoms with Gasteiger partial charge in [0, 0.05) is 12.1 Å². The van der Waals surface area contributed by atoms with Gasteiger partial charge in [0.1, 0.15) is 6.04 Å². The van der Waals surface area contributed by atoms with Crippen LogP contribution in [0.25, 0.3) is 0 Å². The Morgan fingerprint density at radius 2 is 2.08 bits per heavy atom. The molecule has 4 N–H and O–H groups in total. The van der Waals surface area contributed by atoms with E-state index < -0.39 is 12.3 Å². The van der Waals surface area contributed by atoms with Crippen molar-refractivity contribution in [2.75, 3.05) is 11.9 Å². The number of nitrogens with one attached hydrogen (secondary N) is 3. The van der Waals surface area contributed by atoms with Crippen LogP contribution in [-0.2, 0) is 9.53 Å². The normalized spacial score (nSPS) is 21.3. The molecule has 7 heteroatoms. The lowest BCUT2D eigenvalue weighted by molar-refractivity contribution is -0.123. The van der Waals surface area contributed by atoms with Gasteiger partial charge in [-0.3, -0.25) is 4.79 Å². The summed E-state index contributed by atoms with van der Waals surface area (Å²) in [4.78, 5) is 12.5. The average molecular weight is 351 g/mol. The van der Waals surface area contributed by atoms with Crippen LogP contribution in [0.4, 0.5) is 5.69 Å². The highest BCUT2D eigenvalue weighted by Gasteiger charge is 2.28. The molecule has 1 heterocycles. The topological polar surface area (TPSA) is 82.6 Å². The third kappa shape index (κ3) is 6.07. The van der Waals surface area contributed by atoms with E-state index in [0.717, 1.165) is 5.69 Å². The number of amides is 1. The lowest BCUT2D eigenvalue weighted by Crippen LogP contribution is -2.51. The maximum absolute atomic E-state index is 12.5. The number of hydrogen-bond acceptors (Lipinski definition) is 4. The molecule has 24 heavy (non-hydrogen) atoms. The number of carbonyl (C=O) groups is 1. The monoisotopic (exact) mass is 351 g/mol. The molecule has 1 fully saturated rings. The molecule has 1 saturated heterocycles. The first-order valence-electron chi connectivity index (χ1n) is 8.16. The largest absolute Gasteiger partial charge is 0.368 e. The standard InChI is InChI=1S/C17H25N3O3S/c1-11(2)8-14(16(22)18-13-9-15(21)23-10-13)20-17(24)19-12-6-4-3-5-7-12/h3-7,11,13-15,21H,8-10H2,1-2H3,(H,18,22)(H2,19,20,24). The molecule has 0 bridgehead atoms. The molecule has 132 valence electrons. The molecule has 0 spiro atoms. The summed E-state index contributed by atoms with van der Waals surface area (Å²) in [7, 11) is 0. The summed E-state index contributed by atoms with van der Waals surface area (Å²) in [5.41, 5.74) is 0.867. The number of rotatable bonds is 6. The number of anilines is 1. The minimum atomic E-state index is -0.798. The van der Waals surface area contributed by atoms with Gasteiger partial charge in [-0.25, -0.2) is 0 Å². The Balaban J connectivity index is 1.91. The van der Waals surface area contributed by atoms with Gasteiger partial charge < -0.3 is 25.8 Å². The van der Waals surface area contributed by atoms with E-state index in [1.165, 1.54) is 0 Å². The molecule has 0 saturated carbocycles. The molecule has 1 aromatic carbocycles. The Morgan fingerprint density at radius 1 is 1.38 bits per heavy atom. The van der Waals surface area contributed by atoms with E-state index in [1.54, 1.807) is 0 Å². The van der Waals surface area contributed by atoms with Gasteiger partial charge in [-0.1, -0.05) is 32.0 Å². The Hall–Kier alpha value is -1.70. The number of ether oxygens (including phenoxy) is 1. The molecular formula is C17H25N3O3S. The highest BCUT2D eigenvalue weighted by atomic mass is 32.1. The van der Waals surface area contributed by atoms with Gasteiger partial charge in [0.05, 0.1) is 12.6 Å². The molecule has 1 aliphatic rings. The van der Waals surface area contributed by atoms with E-state index in [9.17, 15) is 9.90 Å². The van der Waals surface area contributed by atoms with Crippen LogP contribution in [-0.4, -0.2) is 41.1 Å². The van der Waals surface area contributed by atoms with Crippen LogP contribution in [0.1, 0.15) is 26.7 Å². The molecule has 1 aromatic rings. The van der Waals surface area contributed by atoms with Crippen molar-refractivity contribution in [3.63, 3.8) is 0 Å². The van der Waals surface area contributed by atoms with Gasteiger partial charge >= 0.3 is 0 Å². The number of benzene rings is 1. The molecule has 3 unspecified atom stereocenters. The fourth-order valence-corrected chi connectivity index (χ4v) is 2.82. The van der Waals surface area contributed by atoms with Crippen LogP contribution < -0.4 is 16.0 Å². The fourth-order valence-electron chi connectivity index (χ4n) is 2.56. The number of para-hydroxylation sites is 1. The lowest BCUT2D eigenvalue weighted by atomic mass is 10.0. The molecule has 1 aliphatic heterocycles. The first-order chi connectivity index (χ1) is 11.4. The maximum Gasteiger partial charge on any atom is 0.242 e. The molecule has 0 aliphatic carbocycles. The van der Waals surface area contributed by atoms with E-state index >= 15 is 0 Å². The third-order valence-electron chi connectivity index (χ3n) is 3.68. The molecule has 2 rings (SSSR count). The van der Waals surface area contributed by atoms with Crippen molar-refractivity contribution in [2.24, 2.45) is 5.92 Å². The summed E-state index contributed by atoms with van der Waals surface area (Å²) >= 11 is 5.32. The number of aliphatic hydroxyl groups is 1. The van der Waals surface area contributed by atoms with Crippen LogP contribution in [0, 0.1) is 5.92 Å². The number of thiocarbonyl (C=S) groups is 1. The molecule has 6 nitrogen and oxygen atoms in total. The number of aliphatic hydroxyl groups excluding tert-OH is 1. The second-order valence-electron chi connectivity index (χ2n) is 6.38. The van der Waals surface area contributed by atoms with Gasteiger partial charge in [-0.05, 0) is 36.7 Å². The summed E-state index contributed by atoms with van der Waals surface area (Å²) in [6.45, 7) is 4.43. The zero-order chi connectivity index (χ0) is 17.5. The minimum absolute atomic E-state index is 0.136. The Kier molecular flexibility index (Phi) is 6.96. The SMILES string of the molecule is CC(C)CC(NC(=S)Nc1ccccc1)C(=O)NC1COC(O)C1. The van der Waals surface area contributed by atoms with E-state index in [4.69, 9.17) is 17.0 Å². The minimum Gasteiger partial charge on any atom is -0.368 e. The summed E-state index contributed by atoms with van der Waals surface area (Å²) < 4.78 is 5.07. The Morgan fingerprint density at radius 3 is 2.67 bits per heavy atom. The second kappa shape index (κ2) is 8.96. The van der Waals surface area contributed by atoms with Crippen molar-refractivity contribution in [2.45, 2.75) is 45.1 Å². The first kappa shape index (κ1) is 18.6. The van der Waals surface area contributed by atoms with Crippen LogP contribution in [0.15, 0.2) is 30.3 Å². The maximum atomic E-state index is 12.5. The van der Waals surface area contributed by atoms with E-state index in [0.29, 0.717) is 30.5 Å². The summed E-state index contributed by atoms with van der Waals surface area (Å²) in [5.74, 6) is 0.196. The average Bonchev–Trinajstić information content (AvgIpc) is 2.92. The van der Waals surface area contributed by atoms with Crippen LogP contribution >= 0.6 is 12.2 Å². The number of carbonyl (C=O) groups excluding carboxylic acids is 1. The highest BCUT2D eigenvalue weighted by molar-refractivity contribution is 7.80. The predicted molar refractivity (Wildman–Crippen MR) is 97.5 cm³/mol. The first-order valence-corrected chi connectivity index (χ1v) is 8.57. The van der Waals surface area contributed by atoms with Crippen molar-refractivity contribution in [1.29, 1.82) is 0 Å². The van der Waals surface area contributed by atoms with E-state index in [2.05, 4.69) is 29.8 Å². The predicted octanol–water partition coefficient (Wildman–Crippen LogP) is 1.61. The van der Waals surface area contributed by atoms with Crippen LogP contribution in [0.5, 0.6) is 0 Å². The van der Waals surface area contributed by atoms with Gasteiger partial charge in [0.25, 0.3) is 0 Å². The Labute approximate surface area is 148 Å². The Bertz CT molecular complexity index is 553. The summed E-state index contributed by atoms with van der Waals surface area (Å²) in [6.07, 6.45) is 0.262. The lowest BCUT2D eigenvalue weighted by Gasteiger charge is -2.23. The molecule has 0 radical (unpaired) electrons. The van der Waals surface area contributed by atoms with Crippen molar-refractivity contribution < 1.29 is 14.6 Å². The number of hydrogen-bond donors (Lipinski definition) is 4. The zero-order valence-electron chi connectivity index (χ0n) is 14.0. The van der Waals surface area contributed by atoms with Crippen molar-refractivity contribution in [3.05, 3.63) is 30.3 Å². The van der Waals surface area contributed by atoms with E-state index in [-0.39, 0.29) is 11.9 Å². The summed E-state index contributed by atoms with van der Waals surface area (Å²) in [5, 5.41) is 18.9. The van der Waals surface area contributed by atoms with Crippen molar-refractivity contribution in [3.8, 4) is 0 Å². The molecule has 0 aromatic heterocycles. The van der Waals surface area contributed by atoms with Gasteiger partial charge in [0.2, 0.25) is 5.91 Å². The van der Waals surface area contributed by atoms with Gasteiger partial charge in [-0.15, -0.1) is 0 Å². The van der Waals surface area contributed by atoms with Crippen molar-refractivity contribution >= 4 is 28.9 Å². The van der Waals surface area contributed by atoms with Crippen molar-refractivity contribution in [1.82, 2.24) is 10.6 Å². The molecule has 1 amide bonds. The van der Waals surface area contributed by atoms with E-state index in [1.807, 2.05) is 30.3 Å². The van der Waals surface area contributed by atoms with Crippen LogP contribution in [0.2, 0.25) is 0 Å². The molecular weight excluding hydrogens is 326 g/mol. The highest BCUT2D eigenvalue weighted by Crippen LogP contribution is 2.12. The summed E-state index contributed by atoms with van der Waals surface area (Å²) in [6, 6.07) is 8.95. The van der Waals surface area contributed by atoms with Gasteiger partial charge in [0.15, 0.2) is 11.4 Å². The zero-order valence-corrected chi connectivity index (χ0v) is 14.8. The van der Waals surface area contributed by atoms with Crippen LogP contribution in [0.3, 0.4) is 0 Å². The fraction of sp³-hybridized carbons (Fsp3) is 0.529. The smallest absolute Gasteiger partial charge is 0.242 e. The molecule has 3 atom stereocenters.